The van der Waals surface area contributed by atoms with Gasteiger partial charge in [0.2, 0.25) is 0 Å². The first-order valence-corrected chi connectivity index (χ1v) is 7.51. The number of hydrogen-bond acceptors (Lipinski definition) is 4. The summed E-state index contributed by atoms with van der Waals surface area (Å²) in [6.45, 7) is 2.53. The first-order chi connectivity index (χ1) is 11.3. The lowest BCUT2D eigenvalue weighted by molar-refractivity contribution is 0.341. The van der Waals surface area contributed by atoms with Gasteiger partial charge < -0.3 is 18.3 Å². The summed E-state index contributed by atoms with van der Waals surface area (Å²) in [5.74, 6) is 2.20. The second-order valence-corrected chi connectivity index (χ2v) is 5.20. The highest BCUT2D eigenvalue weighted by molar-refractivity contribution is 5.99. The van der Waals surface area contributed by atoms with Crippen LogP contribution in [0.2, 0.25) is 0 Å². The molecule has 0 spiro atoms. The van der Waals surface area contributed by atoms with Crippen LogP contribution in [0.4, 0.5) is 0 Å². The summed E-state index contributed by atoms with van der Waals surface area (Å²) >= 11 is 0. The van der Waals surface area contributed by atoms with E-state index in [0.717, 1.165) is 39.0 Å². The third-order valence-electron chi connectivity index (χ3n) is 3.87. The van der Waals surface area contributed by atoms with E-state index in [-0.39, 0.29) is 0 Å². The second-order valence-electron chi connectivity index (χ2n) is 5.20. The summed E-state index contributed by atoms with van der Waals surface area (Å²) in [5.41, 5.74) is 2.43. The fourth-order valence-electron chi connectivity index (χ4n) is 2.80. The molecule has 2 aromatic carbocycles. The number of para-hydroxylation sites is 1. The Hall–Kier alpha value is -2.88. The summed E-state index contributed by atoms with van der Waals surface area (Å²) < 4.78 is 22.8. The molecule has 2 heterocycles. The highest BCUT2D eigenvalue weighted by Gasteiger charge is 2.20. The van der Waals surface area contributed by atoms with Crippen LogP contribution in [-0.4, -0.2) is 13.7 Å². The Labute approximate surface area is 133 Å². The molecule has 2 aromatic heterocycles. The Balaban J connectivity index is 1.96. The maximum Gasteiger partial charge on any atom is 0.181 e. The van der Waals surface area contributed by atoms with E-state index in [4.69, 9.17) is 18.3 Å². The average molecular weight is 308 g/mol. The Morgan fingerprint density at radius 2 is 1.87 bits per heavy atom. The van der Waals surface area contributed by atoms with Crippen LogP contribution in [0.3, 0.4) is 0 Å². The van der Waals surface area contributed by atoms with Gasteiger partial charge in [0.05, 0.1) is 24.7 Å². The van der Waals surface area contributed by atoms with Crippen LogP contribution in [0.5, 0.6) is 11.5 Å². The molecule has 4 heteroatoms. The third kappa shape index (κ3) is 2.14. The number of ether oxygens (including phenoxy) is 2. The molecule has 0 aliphatic heterocycles. The largest absolute Gasteiger partial charge is 0.497 e. The Morgan fingerprint density at radius 3 is 2.70 bits per heavy atom. The number of furan rings is 2. The minimum absolute atomic E-state index is 0.570. The number of benzene rings is 2. The lowest BCUT2D eigenvalue weighted by Crippen LogP contribution is -1.91. The summed E-state index contributed by atoms with van der Waals surface area (Å²) in [5, 5.41) is 1.93. The van der Waals surface area contributed by atoms with Crippen molar-refractivity contribution >= 4 is 21.9 Å². The van der Waals surface area contributed by atoms with Gasteiger partial charge in [0.15, 0.2) is 11.5 Å². The van der Waals surface area contributed by atoms with Crippen LogP contribution in [0, 0.1) is 0 Å². The molecule has 0 atom stereocenters. The zero-order valence-electron chi connectivity index (χ0n) is 13.0. The molecular formula is C19H16O4. The van der Waals surface area contributed by atoms with Crippen molar-refractivity contribution < 1.29 is 18.3 Å². The quantitative estimate of drug-likeness (QED) is 0.516. The molecule has 4 nitrogen and oxygen atoms in total. The molecule has 0 amide bonds. The van der Waals surface area contributed by atoms with Crippen LogP contribution in [0.15, 0.2) is 57.6 Å². The van der Waals surface area contributed by atoms with Gasteiger partial charge in [-0.3, -0.25) is 0 Å². The number of rotatable bonds is 4. The van der Waals surface area contributed by atoms with Gasteiger partial charge in [0.1, 0.15) is 23.2 Å². The first kappa shape index (κ1) is 13.8. The molecule has 0 bridgehead atoms. The fraction of sp³-hybridized carbons (Fsp3) is 0.158. The lowest BCUT2D eigenvalue weighted by atomic mass is 10.1. The Morgan fingerprint density at radius 1 is 1.00 bits per heavy atom. The van der Waals surface area contributed by atoms with Crippen LogP contribution < -0.4 is 9.47 Å². The monoisotopic (exact) mass is 308 g/mol. The number of methoxy groups -OCH3 is 1. The van der Waals surface area contributed by atoms with Crippen molar-refractivity contribution in [3.8, 4) is 22.8 Å². The maximum absolute atomic E-state index is 6.04. The molecular weight excluding hydrogens is 292 g/mol. The maximum atomic E-state index is 6.04. The van der Waals surface area contributed by atoms with Gasteiger partial charge in [-0.2, -0.15) is 0 Å². The zero-order chi connectivity index (χ0) is 15.8. The SMILES string of the molecule is CCOc1c(-c2coc3cc(OC)ccc23)oc2ccccc12. The normalized spacial score (nSPS) is 11.2. The second kappa shape index (κ2) is 5.39. The number of hydrogen-bond donors (Lipinski definition) is 0. The summed E-state index contributed by atoms with van der Waals surface area (Å²) in [6, 6.07) is 13.6. The van der Waals surface area contributed by atoms with E-state index in [1.807, 2.05) is 49.4 Å². The molecule has 0 saturated carbocycles. The van der Waals surface area contributed by atoms with E-state index in [2.05, 4.69) is 0 Å². The molecule has 4 aromatic rings. The molecule has 0 N–H and O–H groups in total. The molecule has 0 aliphatic rings. The van der Waals surface area contributed by atoms with Gasteiger partial charge in [-0.25, -0.2) is 0 Å². The van der Waals surface area contributed by atoms with Crippen LogP contribution >= 0.6 is 0 Å². The molecule has 0 saturated heterocycles. The van der Waals surface area contributed by atoms with Gasteiger partial charge in [0.25, 0.3) is 0 Å². The molecule has 4 rings (SSSR count). The highest BCUT2D eigenvalue weighted by Crippen LogP contribution is 2.43. The molecule has 0 fully saturated rings. The summed E-state index contributed by atoms with van der Waals surface area (Å²) in [6.07, 6.45) is 1.70. The van der Waals surface area contributed by atoms with Crippen molar-refractivity contribution in [3.63, 3.8) is 0 Å². The van der Waals surface area contributed by atoms with Crippen molar-refractivity contribution in [1.29, 1.82) is 0 Å². The van der Waals surface area contributed by atoms with Gasteiger partial charge in [-0.1, -0.05) is 12.1 Å². The van der Waals surface area contributed by atoms with Crippen molar-refractivity contribution in [1.82, 2.24) is 0 Å². The molecule has 0 aliphatic carbocycles. The molecule has 23 heavy (non-hydrogen) atoms. The molecule has 116 valence electrons. The zero-order valence-corrected chi connectivity index (χ0v) is 13.0. The van der Waals surface area contributed by atoms with Crippen molar-refractivity contribution in [2.24, 2.45) is 0 Å². The minimum atomic E-state index is 0.570. The average Bonchev–Trinajstić information content (AvgIpc) is 3.16. The first-order valence-electron chi connectivity index (χ1n) is 7.51. The van der Waals surface area contributed by atoms with Gasteiger partial charge in [0, 0.05) is 11.5 Å². The topological polar surface area (TPSA) is 44.7 Å². The van der Waals surface area contributed by atoms with Crippen LogP contribution in [0.1, 0.15) is 6.92 Å². The smallest absolute Gasteiger partial charge is 0.181 e. The molecule has 0 unspecified atom stereocenters. The van der Waals surface area contributed by atoms with E-state index in [9.17, 15) is 0 Å². The molecule has 0 radical (unpaired) electrons. The van der Waals surface area contributed by atoms with Gasteiger partial charge >= 0.3 is 0 Å². The predicted molar refractivity (Wildman–Crippen MR) is 89.1 cm³/mol. The fourth-order valence-corrected chi connectivity index (χ4v) is 2.80. The van der Waals surface area contributed by atoms with Gasteiger partial charge in [-0.05, 0) is 31.2 Å². The minimum Gasteiger partial charge on any atom is -0.497 e. The van der Waals surface area contributed by atoms with Gasteiger partial charge in [-0.15, -0.1) is 0 Å². The summed E-state index contributed by atoms with van der Waals surface area (Å²) in [7, 11) is 1.64. The van der Waals surface area contributed by atoms with Crippen LogP contribution in [0.25, 0.3) is 33.3 Å². The van der Waals surface area contributed by atoms with E-state index in [1.165, 1.54) is 0 Å². The Bertz CT molecular complexity index is 978. The van der Waals surface area contributed by atoms with E-state index < -0.39 is 0 Å². The highest BCUT2D eigenvalue weighted by atomic mass is 16.5. The van der Waals surface area contributed by atoms with Crippen molar-refractivity contribution in [3.05, 3.63) is 48.7 Å². The van der Waals surface area contributed by atoms with E-state index in [1.54, 1.807) is 13.4 Å². The van der Waals surface area contributed by atoms with Crippen molar-refractivity contribution in [2.75, 3.05) is 13.7 Å². The van der Waals surface area contributed by atoms with Crippen molar-refractivity contribution in [2.45, 2.75) is 6.92 Å². The Kier molecular flexibility index (Phi) is 3.23. The van der Waals surface area contributed by atoms with E-state index >= 15 is 0 Å². The number of fused-ring (bicyclic) bond motifs is 2. The standard InChI is InChI=1S/C19H16O4/c1-3-21-18-14-6-4-5-7-16(14)23-19(18)15-11-22-17-10-12(20-2)8-9-13(15)17/h4-11H,3H2,1-2H3. The van der Waals surface area contributed by atoms with E-state index in [0.29, 0.717) is 12.4 Å². The predicted octanol–water partition coefficient (Wildman–Crippen LogP) is 5.25. The third-order valence-corrected chi connectivity index (χ3v) is 3.87. The lowest BCUT2D eigenvalue weighted by Gasteiger charge is -2.03. The summed E-state index contributed by atoms with van der Waals surface area (Å²) in [4.78, 5) is 0. The van der Waals surface area contributed by atoms with Crippen LogP contribution in [-0.2, 0) is 0 Å².